The molecular weight excluding hydrogens is 290 g/mol. The predicted molar refractivity (Wildman–Crippen MR) is 79.4 cm³/mol. The van der Waals surface area contributed by atoms with Crippen LogP contribution in [0.1, 0.15) is 11.1 Å². The second-order valence-electron chi connectivity index (χ2n) is 4.64. The summed E-state index contributed by atoms with van der Waals surface area (Å²) in [4.78, 5) is 23.1. The summed E-state index contributed by atoms with van der Waals surface area (Å²) in [5, 5.41) is 24.7. The Labute approximate surface area is 125 Å². The summed E-state index contributed by atoms with van der Waals surface area (Å²) in [5.41, 5.74) is 1.60. The maximum absolute atomic E-state index is 11.9. The standard InChI is InChI=1S/C15H15NO4S/c17-12-3-1-10(2-4-12)7-13(15(19)20)16-14(18)8-11-5-6-21-9-11/h1-6,9,13,17H,7-8H2,(H,16,18)(H,19,20)/t13-/m0/s1. The van der Waals surface area contributed by atoms with Crippen molar-refractivity contribution in [3.05, 3.63) is 52.2 Å². The minimum absolute atomic E-state index is 0.118. The quantitative estimate of drug-likeness (QED) is 0.759. The number of aromatic hydroxyl groups is 1. The molecule has 0 radical (unpaired) electrons. The van der Waals surface area contributed by atoms with Gasteiger partial charge in [0.15, 0.2) is 0 Å². The number of carboxylic acids is 1. The summed E-state index contributed by atoms with van der Waals surface area (Å²) in [6.45, 7) is 0. The van der Waals surface area contributed by atoms with Crippen molar-refractivity contribution in [3.8, 4) is 5.75 Å². The van der Waals surface area contributed by atoms with Crippen LogP contribution < -0.4 is 5.32 Å². The number of carbonyl (C=O) groups is 2. The number of carboxylic acid groups (broad SMARTS) is 1. The number of aliphatic carboxylic acids is 1. The van der Waals surface area contributed by atoms with Crippen molar-refractivity contribution in [2.75, 3.05) is 0 Å². The van der Waals surface area contributed by atoms with Gasteiger partial charge in [0.1, 0.15) is 11.8 Å². The molecule has 6 heteroatoms. The summed E-state index contributed by atoms with van der Waals surface area (Å²) in [6, 6.07) is 7.09. The molecule has 0 bridgehead atoms. The number of nitrogens with one attached hydrogen (secondary N) is 1. The van der Waals surface area contributed by atoms with Crippen molar-refractivity contribution in [1.29, 1.82) is 0 Å². The molecule has 0 spiro atoms. The summed E-state index contributed by atoms with van der Waals surface area (Å²) >= 11 is 1.49. The molecule has 110 valence electrons. The molecule has 21 heavy (non-hydrogen) atoms. The molecule has 2 aromatic rings. The van der Waals surface area contributed by atoms with Gasteiger partial charge in [-0.2, -0.15) is 11.3 Å². The predicted octanol–water partition coefficient (Wildman–Crippen LogP) is 1.81. The van der Waals surface area contributed by atoms with Crippen LogP contribution in [0.3, 0.4) is 0 Å². The summed E-state index contributed by atoms with van der Waals surface area (Å²) in [6.07, 6.45) is 0.341. The van der Waals surface area contributed by atoms with E-state index in [4.69, 9.17) is 0 Å². The first-order valence-corrected chi connectivity index (χ1v) is 7.30. The van der Waals surface area contributed by atoms with Crippen LogP contribution in [0, 0.1) is 0 Å². The van der Waals surface area contributed by atoms with E-state index in [1.165, 1.54) is 23.5 Å². The van der Waals surface area contributed by atoms with Gasteiger partial charge in [-0.3, -0.25) is 4.79 Å². The Kier molecular flexibility index (Phi) is 4.94. The molecule has 5 nitrogen and oxygen atoms in total. The van der Waals surface area contributed by atoms with Crippen LogP contribution in [0.5, 0.6) is 5.75 Å². The SMILES string of the molecule is O=C(Cc1ccsc1)N[C@@H](Cc1ccc(O)cc1)C(=O)O. The molecule has 1 aromatic heterocycles. The molecule has 0 saturated heterocycles. The lowest BCUT2D eigenvalue weighted by Crippen LogP contribution is -2.42. The van der Waals surface area contributed by atoms with Crippen molar-refractivity contribution < 1.29 is 19.8 Å². The van der Waals surface area contributed by atoms with E-state index in [9.17, 15) is 19.8 Å². The molecule has 0 aliphatic rings. The Balaban J connectivity index is 1.97. The summed E-state index contributed by atoms with van der Waals surface area (Å²) in [5.74, 6) is -1.28. The highest BCUT2D eigenvalue weighted by atomic mass is 32.1. The molecule has 1 aromatic carbocycles. The average molecular weight is 305 g/mol. The van der Waals surface area contributed by atoms with Gasteiger partial charge < -0.3 is 15.5 Å². The number of rotatable bonds is 6. The largest absolute Gasteiger partial charge is 0.508 e. The summed E-state index contributed by atoms with van der Waals surface area (Å²) < 4.78 is 0. The monoisotopic (exact) mass is 305 g/mol. The number of phenolic OH excluding ortho intramolecular Hbond substituents is 1. The third-order valence-corrected chi connectivity index (χ3v) is 3.69. The normalized spacial score (nSPS) is 11.8. The molecular formula is C15H15NO4S. The lowest BCUT2D eigenvalue weighted by Gasteiger charge is -2.14. The van der Waals surface area contributed by atoms with E-state index in [-0.39, 0.29) is 24.5 Å². The van der Waals surface area contributed by atoms with E-state index in [1.807, 2.05) is 16.8 Å². The molecule has 1 amide bonds. The number of benzene rings is 1. The number of hydrogen-bond acceptors (Lipinski definition) is 4. The molecule has 2 rings (SSSR count). The number of phenols is 1. The van der Waals surface area contributed by atoms with E-state index in [0.29, 0.717) is 0 Å². The number of thiophene rings is 1. The van der Waals surface area contributed by atoms with Gasteiger partial charge in [-0.25, -0.2) is 4.79 Å². The van der Waals surface area contributed by atoms with Crippen molar-refractivity contribution >= 4 is 23.2 Å². The fraction of sp³-hybridized carbons (Fsp3) is 0.200. The smallest absolute Gasteiger partial charge is 0.326 e. The highest BCUT2D eigenvalue weighted by molar-refractivity contribution is 7.07. The Morgan fingerprint density at radius 1 is 1.14 bits per heavy atom. The van der Waals surface area contributed by atoms with Crippen molar-refractivity contribution in [1.82, 2.24) is 5.32 Å². The minimum Gasteiger partial charge on any atom is -0.508 e. The maximum atomic E-state index is 11.9. The molecule has 1 atom stereocenters. The Morgan fingerprint density at radius 2 is 1.86 bits per heavy atom. The maximum Gasteiger partial charge on any atom is 0.326 e. The van der Waals surface area contributed by atoms with Crippen molar-refractivity contribution in [2.45, 2.75) is 18.9 Å². The zero-order chi connectivity index (χ0) is 15.2. The second-order valence-corrected chi connectivity index (χ2v) is 5.42. The number of hydrogen-bond donors (Lipinski definition) is 3. The van der Waals surface area contributed by atoms with E-state index in [2.05, 4.69) is 5.32 Å². The third kappa shape index (κ3) is 4.61. The van der Waals surface area contributed by atoms with Gasteiger partial charge >= 0.3 is 5.97 Å². The average Bonchev–Trinajstić information content (AvgIpc) is 2.93. The molecule has 3 N–H and O–H groups in total. The second kappa shape index (κ2) is 6.90. The minimum atomic E-state index is -1.08. The highest BCUT2D eigenvalue weighted by Crippen LogP contribution is 2.12. The van der Waals surface area contributed by atoms with Gasteiger partial charge in [0.05, 0.1) is 6.42 Å². The van der Waals surface area contributed by atoms with Crippen LogP contribution in [0.2, 0.25) is 0 Å². The number of carbonyl (C=O) groups excluding carboxylic acids is 1. The fourth-order valence-corrected chi connectivity index (χ4v) is 2.56. The van der Waals surface area contributed by atoms with Gasteiger partial charge in [0.25, 0.3) is 0 Å². The topological polar surface area (TPSA) is 86.6 Å². The Morgan fingerprint density at radius 3 is 2.43 bits per heavy atom. The first-order valence-electron chi connectivity index (χ1n) is 6.36. The molecule has 0 saturated carbocycles. The molecule has 0 aliphatic heterocycles. The van der Waals surface area contributed by atoms with Crippen molar-refractivity contribution in [3.63, 3.8) is 0 Å². The van der Waals surface area contributed by atoms with Crippen LogP contribution in [-0.2, 0) is 22.4 Å². The number of amides is 1. The lowest BCUT2D eigenvalue weighted by atomic mass is 10.1. The van der Waals surface area contributed by atoms with Crippen LogP contribution in [0.4, 0.5) is 0 Å². The third-order valence-electron chi connectivity index (χ3n) is 2.95. The van der Waals surface area contributed by atoms with E-state index in [1.54, 1.807) is 12.1 Å². The Bertz CT molecular complexity index is 607. The van der Waals surface area contributed by atoms with Crippen molar-refractivity contribution in [2.24, 2.45) is 0 Å². The van der Waals surface area contributed by atoms with Crippen LogP contribution >= 0.6 is 11.3 Å². The fourth-order valence-electron chi connectivity index (χ4n) is 1.89. The summed E-state index contributed by atoms with van der Waals surface area (Å²) in [7, 11) is 0. The molecule has 0 unspecified atom stereocenters. The van der Waals surface area contributed by atoms with E-state index >= 15 is 0 Å². The van der Waals surface area contributed by atoms with E-state index < -0.39 is 12.0 Å². The highest BCUT2D eigenvalue weighted by Gasteiger charge is 2.20. The lowest BCUT2D eigenvalue weighted by molar-refractivity contribution is -0.141. The van der Waals surface area contributed by atoms with Gasteiger partial charge in [-0.1, -0.05) is 12.1 Å². The molecule has 1 heterocycles. The zero-order valence-electron chi connectivity index (χ0n) is 11.2. The zero-order valence-corrected chi connectivity index (χ0v) is 12.0. The van der Waals surface area contributed by atoms with Crippen LogP contribution in [0.25, 0.3) is 0 Å². The van der Waals surface area contributed by atoms with Gasteiger partial charge in [0, 0.05) is 6.42 Å². The van der Waals surface area contributed by atoms with Gasteiger partial charge in [-0.05, 0) is 40.1 Å². The molecule has 0 aliphatic carbocycles. The first-order chi connectivity index (χ1) is 10.0. The van der Waals surface area contributed by atoms with E-state index in [0.717, 1.165) is 11.1 Å². The van der Waals surface area contributed by atoms with Crippen LogP contribution in [0.15, 0.2) is 41.1 Å². The first kappa shape index (κ1) is 15.1. The van der Waals surface area contributed by atoms with Gasteiger partial charge in [-0.15, -0.1) is 0 Å². The molecule has 0 fully saturated rings. The van der Waals surface area contributed by atoms with Gasteiger partial charge in [0.2, 0.25) is 5.91 Å². The Hall–Kier alpha value is -2.34. The van der Waals surface area contributed by atoms with Crippen LogP contribution in [-0.4, -0.2) is 28.1 Å².